The van der Waals surface area contributed by atoms with Gasteiger partial charge in [-0.25, -0.2) is 18.4 Å². The first kappa shape index (κ1) is 15.7. The Balaban J connectivity index is 2.41. The van der Waals surface area contributed by atoms with Gasteiger partial charge in [-0.3, -0.25) is 4.72 Å². The molecule has 3 N–H and O–H groups in total. The van der Waals surface area contributed by atoms with Crippen molar-refractivity contribution in [3.8, 4) is 0 Å². The summed E-state index contributed by atoms with van der Waals surface area (Å²) in [4.78, 5) is 8.01. The van der Waals surface area contributed by atoms with Crippen molar-refractivity contribution in [3.05, 3.63) is 38.1 Å². The van der Waals surface area contributed by atoms with Crippen molar-refractivity contribution < 1.29 is 8.42 Å². The van der Waals surface area contributed by atoms with Gasteiger partial charge in [0, 0.05) is 10.2 Å². The van der Waals surface area contributed by atoms with Crippen molar-refractivity contribution >= 4 is 69.3 Å². The summed E-state index contributed by atoms with van der Waals surface area (Å²) >= 11 is 9.45. The molecule has 0 atom stereocenters. The molecule has 1 aromatic heterocycles. The van der Waals surface area contributed by atoms with Crippen LogP contribution < -0.4 is 10.5 Å². The van der Waals surface area contributed by atoms with Crippen LogP contribution in [0.5, 0.6) is 0 Å². The normalized spacial score (nSPS) is 11.3. The van der Waals surface area contributed by atoms with Gasteiger partial charge in [-0.15, -0.1) is 0 Å². The molecule has 20 heavy (non-hydrogen) atoms. The van der Waals surface area contributed by atoms with Crippen LogP contribution in [0.3, 0.4) is 0 Å². The van der Waals surface area contributed by atoms with Gasteiger partial charge in [0.25, 0.3) is 10.0 Å². The summed E-state index contributed by atoms with van der Waals surface area (Å²) in [5.74, 6) is 0.0944. The highest BCUT2D eigenvalue weighted by molar-refractivity contribution is 9.11. The molecule has 0 bridgehead atoms. The van der Waals surface area contributed by atoms with Crippen LogP contribution in [-0.2, 0) is 10.0 Å². The van der Waals surface area contributed by atoms with Crippen molar-refractivity contribution in [2.24, 2.45) is 0 Å². The fraction of sp³-hybridized carbons (Fsp3) is 0. The second-order valence-corrected chi connectivity index (χ2v) is 7.70. The van der Waals surface area contributed by atoms with Gasteiger partial charge >= 0.3 is 0 Å². The monoisotopic (exact) mass is 484 g/mol. The van der Waals surface area contributed by atoms with E-state index in [4.69, 9.17) is 5.73 Å². The molecular formula is C10H7Br3N4O2S. The maximum Gasteiger partial charge on any atom is 0.264 e. The smallest absolute Gasteiger partial charge is 0.264 e. The molecule has 0 spiro atoms. The largest absolute Gasteiger partial charge is 0.399 e. The average Bonchev–Trinajstić information content (AvgIpc) is 2.32. The summed E-state index contributed by atoms with van der Waals surface area (Å²) in [5, 5.41) is 0. The van der Waals surface area contributed by atoms with Gasteiger partial charge in [0.2, 0.25) is 0 Å². The zero-order chi connectivity index (χ0) is 14.9. The molecule has 0 saturated carbocycles. The Labute approximate surface area is 140 Å². The molecule has 1 aromatic carbocycles. The van der Waals surface area contributed by atoms with Crippen LogP contribution in [0.1, 0.15) is 0 Å². The summed E-state index contributed by atoms with van der Waals surface area (Å²) < 4.78 is 28.1. The van der Waals surface area contributed by atoms with Gasteiger partial charge in [-0.2, -0.15) is 0 Å². The molecule has 0 saturated heterocycles. The van der Waals surface area contributed by atoms with Crippen molar-refractivity contribution in [3.63, 3.8) is 0 Å². The molecule has 6 nitrogen and oxygen atoms in total. The first-order valence-electron chi connectivity index (χ1n) is 5.05. The number of sulfonamides is 1. The molecule has 0 aliphatic rings. The van der Waals surface area contributed by atoms with Crippen LogP contribution in [-0.4, -0.2) is 18.4 Å². The van der Waals surface area contributed by atoms with Crippen molar-refractivity contribution in [1.82, 2.24) is 9.97 Å². The second kappa shape index (κ2) is 5.96. The number of nitrogen functional groups attached to an aromatic ring is 1. The maximum atomic E-state index is 12.3. The second-order valence-electron chi connectivity index (χ2n) is 3.63. The zero-order valence-corrected chi connectivity index (χ0v) is 15.2. The number of nitrogens with one attached hydrogen (secondary N) is 1. The van der Waals surface area contributed by atoms with E-state index in [0.717, 1.165) is 0 Å². The third kappa shape index (κ3) is 3.48. The summed E-state index contributed by atoms with van der Waals surface area (Å²) in [7, 11) is -3.80. The predicted octanol–water partition coefficient (Wildman–Crippen LogP) is 3.15. The van der Waals surface area contributed by atoms with E-state index in [0.29, 0.717) is 14.8 Å². The number of hydrogen-bond acceptors (Lipinski definition) is 5. The van der Waals surface area contributed by atoms with Gasteiger partial charge < -0.3 is 5.73 Å². The van der Waals surface area contributed by atoms with Crippen molar-refractivity contribution in [2.45, 2.75) is 4.90 Å². The fourth-order valence-corrected chi connectivity index (χ4v) is 4.49. The summed E-state index contributed by atoms with van der Waals surface area (Å²) in [6.45, 7) is 0. The minimum atomic E-state index is -3.80. The lowest BCUT2D eigenvalue weighted by Gasteiger charge is -2.10. The molecule has 2 rings (SSSR count). The summed E-state index contributed by atoms with van der Waals surface area (Å²) in [6, 6.07) is 4.42. The molecule has 1 heterocycles. The standard InChI is InChI=1S/C10H7Br3N4O2S/c11-6-3-5(14)1-2-7(6)20(18,19)17-10-9(13)16-8(12)4-15-10/h1-4H,14H2,(H,15,17). The first-order valence-corrected chi connectivity index (χ1v) is 8.92. The molecule has 0 aliphatic heterocycles. The van der Waals surface area contributed by atoms with Gasteiger partial charge in [-0.05, 0) is 66.0 Å². The lowest BCUT2D eigenvalue weighted by atomic mass is 10.3. The summed E-state index contributed by atoms with van der Waals surface area (Å²) in [6.07, 6.45) is 1.39. The molecule has 0 aliphatic carbocycles. The molecule has 0 radical (unpaired) electrons. The number of aromatic nitrogens is 2. The van der Waals surface area contributed by atoms with Gasteiger partial charge in [0.05, 0.1) is 6.20 Å². The fourth-order valence-electron chi connectivity index (χ4n) is 1.33. The predicted molar refractivity (Wildman–Crippen MR) is 86.8 cm³/mol. The van der Waals surface area contributed by atoms with E-state index in [1.54, 1.807) is 0 Å². The van der Waals surface area contributed by atoms with Crippen molar-refractivity contribution in [1.29, 1.82) is 0 Å². The number of hydrogen-bond donors (Lipinski definition) is 2. The van der Waals surface area contributed by atoms with Crippen LogP contribution >= 0.6 is 47.8 Å². The number of nitrogens with two attached hydrogens (primary N) is 1. The van der Waals surface area contributed by atoms with Crippen LogP contribution in [0.4, 0.5) is 11.5 Å². The summed E-state index contributed by atoms with van der Waals surface area (Å²) in [5.41, 5.74) is 6.04. The number of nitrogens with zero attached hydrogens (tertiary/aromatic N) is 2. The number of benzene rings is 1. The van der Waals surface area contributed by atoms with E-state index in [1.165, 1.54) is 24.4 Å². The highest BCUT2D eigenvalue weighted by atomic mass is 79.9. The Bertz CT molecular complexity index is 767. The third-order valence-corrected chi connectivity index (χ3v) is 5.43. The van der Waals surface area contributed by atoms with E-state index in [9.17, 15) is 8.42 Å². The molecule has 0 amide bonds. The third-order valence-electron chi connectivity index (χ3n) is 2.18. The Hall–Kier alpha value is -0.710. The number of anilines is 2. The van der Waals surface area contributed by atoms with Crippen LogP contribution in [0, 0.1) is 0 Å². The van der Waals surface area contributed by atoms with E-state index < -0.39 is 10.0 Å². The molecule has 106 valence electrons. The molecule has 0 unspecified atom stereocenters. The number of rotatable bonds is 3. The quantitative estimate of drug-likeness (QED) is 0.649. The Morgan fingerprint density at radius 1 is 1.20 bits per heavy atom. The minimum Gasteiger partial charge on any atom is -0.399 e. The molecule has 0 fully saturated rings. The number of halogens is 3. The lowest BCUT2D eigenvalue weighted by Crippen LogP contribution is -2.15. The Morgan fingerprint density at radius 3 is 2.50 bits per heavy atom. The molecular weight excluding hydrogens is 480 g/mol. The van der Waals surface area contributed by atoms with E-state index >= 15 is 0 Å². The minimum absolute atomic E-state index is 0.0586. The highest BCUT2D eigenvalue weighted by Crippen LogP contribution is 2.27. The van der Waals surface area contributed by atoms with E-state index in [1.807, 2.05) is 0 Å². The van der Waals surface area contributed by atoms with Gasteiger partial charge in [0.15, 0.2) is 10.4 Å². The van der Waals surface area contributed by atoms with Crippen LogP contribution in [0.2, 0.25) is 0 Å². The van der Waals surface area contributed by atoms with E-state index in [2.05, 4.69) is 62.5 Å². The van der Waals surface area contributed by atoms with Gasteiger partial charge in [0.1, 0.15) is 9.50 Å². The van der Waals surface area contributed by atoms with Crippen LogP contribution in [0.25, 0.3) is 0 Å². The Kier molecular flexibility index (Phi) is 4.67. The highest BCUT2D eigenvalue weighted by Gasteiger charge is 2.20. The van der Waals surface area contributed by atoms with Gasteiger partial charge in [-0.1, -0.05) is 0 Å². The Morgan fingerprint density at radius 2 is 1.90 bits per heavy atom. The SMILES string of the molecule is Nc1ccc(S(=O)(=O)Nc2ncc(Br)nc2Br)c(Br)c1. The lowest BCUT2D eigenvalue weighted by molar-refractivity contribution is 0.600. The first-order chi connectivity index (χ1) is 9.29. The van der Waals surface area contributed by atoms with Crippen molar-refractivity contribution in [2.75, 3.05) is 10.5 Å². The molecule has 10 heteroatoms. The van der Waals surface area contributed by atoms with E-state index in [-0.39, 0.29) is 15.3 Å². The van der Waals surface area contributed by atoms with Crippen LogP contribution in [0.15, 0.2) is 43.0 Å². The average molecular weight is 487 g/mol. The topological polar surface area (TPSA) is 98.0 Å². The maximum absolute atomic E-state index is 12.3. The molecule has 2 aromatic rings. The zero-order valence-electron chi connectivity index (χ0n) is 9.64.